The normalized spacial score (nSPS) is 18.7. The molecule has 2 atom stereocenters. The van der Waals surface area contributed by atoms with Crippen LogP contribution in [0.5, 0.6) is 0 Å². The van der Waals surface area contributed by atoms with Gasteiger partial charge in [0.15, 0.2) is 5.82 Å². The van der Waals surface area contributed by atoms with Gasteiger partial charge in [-0.3, -0.25) is 4.68 Å². The predicted octanol–water partition coefficient (Wildman–Crippen LogP) is 3.94. The van der Waals surface area contributed by atoms with Crippen molar-refractivity contribution >= 4 is 17.3 Å². The second kappa shape index (κ2) is 8.33. The predicted molar refractivity (Wildman–Crippen MR) is 116 cm³/mol. The van der Waals surface area contributed by atoms with E-state index >= 15 is 0 Å². The molecule has 10 heteroatoms. The van der Waals surface area contributed by atoms with Crippen molar-refractivity contribution in [2.45, 2.75) is 35.5 Å². The standard InChI is InChI=1S/C22H19F2N7S/c1-13-16(10-29-31(13)19-4-6-26-11-18(19)24)14-7-20(32-22-17(23)3-2-5-27-22)21-15(8-25)9-28-30(21)12-14/h2-3,5,7,9-10,12,18-19,26H,4,6,11H2,1H3/t18-,19-/m0/s1. The molecule has 0 saturated carbocycles. The Bertz CT molecular complexity index is 1340. The van der Waals surface area contributed by atoms with Gasteiger partial charge in [0.1, 0.15) is 17.3 Å². The molecule has 5 rings (SSSR count). The lowest BCUT2D eigenvalue weighted by Gasteiger charge is -2.28. The van der Waals surface area contributed by atoms with Gasteiger partial charge < -0.3 is 5.32 Å². The Hall–Kier alpha value is -3.29. The van der Waals surface area contributed by atoms with E-state index in [1.165, 1.54) is 24.5 Å². The second-order valence-electron chi connectivity index (χ2n) is 7.61. The molecule has 0 amide bonds. The number of hydrogen-bond donors (Lipinski definition) is 1. The molecule has 4 aromatic rings. The summed E-state index contributed by atoms with van der Waals surface area (Å²) in [5, 5.41) is 21.6. The van der Waals surface area contributed by atoms with E-state index in [9.17, 15) is 14.0 Å². The number of halogens is 2. The molecule has 32 heavy (non-hydrogen) atoms. The van der Waals surface area contributed by atoms with Crippen LogP contribution in [0.2, 0.25) is 0 Å². The molecule has 7 nitrogen and oxygen atoms in total. The van der Waals surface area contributed by atoms with Crippen LogP contribution in [0.4, 0.5) is 8.78 Å². The first-order valence-electron chi connectivity index (χ1n) is 10.2. The summed E-state index contributed by atoms with van der Waals surface area (Å²) in [6.07, 6.45) is 6.17. The largest absolute Gasteiger partial charge is 0.314 e. The van der Waals surface area contributed by atoms with Gasteiger partial charge in [0.25, 0.3) is 0 Å². The Kier molecular flexibility index (Phi) is 5.36. The first-order valence-corrected chi connectivity index (χ1v) is 11.0. The van der Waals surface area contributed by atoms with Gasteiger partial charge in [-0.25, -0.2) is 18.3 Å². The summed E-state index contributed by atoms with van der Waals surface area (Å²) in [5.41, 5.74) is 3.43. The Labute approximate surface area is 187 Å². The van der Waals surface area contributed by atoms with Crippen molar-refractivity contribution in [2.24, 2.45) is 0 Å². The van der Waals surface area contributed by atoms with Crippen LogP contribution in [-0.4, -0.2) is 43.6 Å². The maximum atomic E-state index is 14.5. The Balaban J connectivity index is 1.62. The highest BCUT2D eigenvalue weighted by atomic mass is 32.2. The number of rotatable bonds is 4. The van der Waals surface area contributed by atoms with E-state index in [2.05, 4.69) is 26.6 Å². The monoisotopic (exact) mass is 451 g/mol. The van der Waals surface area contributed by atoms with Gasteiger partial charge in [-0.2, -0.15) is 15.5 Å². The van der Waals surface area contributed by atoms with Crippen LogP contribution >= 0.6 is 11.8 Å². The van der Waals surface area contributed by atoms with E-state index < -0.39 is 12.0 Å². The van der Waals surface area contributed by atoms with Crippen molar-refractivity contribution in [3.8, 4) is 17.2 Å². The molecule has 1 saturated heterocycles. The van der Waals surface area contributed by atoms with E-state index in [1.54, 1.807) is 21.6 Å². The van der Waals surface area contributed by atoms with Crippen molar-refractivity contribution in [2.75, 3.05) is 13.1 Å². The number of alkyl halides is 1. The maximum absolute atomic E-state index is 14.5. The smallest absolute Gasteiger partial charge is 0.155 e. The number of hydrogen-bond acceptors (Lipinski definition) is 6. The fraction of sp³-hybridized carbons (Fsp3) is 0.273. The quantitative estimate of drug-likeness (QED) is 0.506. The number of pyridine rings is 2. The summed E-state index contributed by atoms with van der Waals surface area (Å²) in [7, 11) is 0. The summed E-state index contributed by atoms with van der Waals surface area (Å²) < 4.78 is 32.2. The number of piperidine rings is 1. The summed E-state index contributed by atoms with van der Waals surface area (Å²) in [6, 6.07) is 6.57. The highest BCUT2D eigenvalue weighted by Crippen LogP contribution is 2.37. The van der Waals surface area contributed by atoms with Crippen LogP contribution in [0.25, 0.3) is 16.6 Å². The van der Waals surface area contributed by atoms with Gasteiger partial charge >= 0.3 is 0 Å². The summed E-state index contributed by atoms with van der Waals surface area (Å²) >= 11 is 1.13. The molecule has 0 bridgehead atoms. The van der Waals surface area contributed by atoms with Gasteiger partial charge in [-0.15, -0.1) is 0 Å². The van der Waals surface area contributed by atoms with Crippen LogP contribution in [0.15, 0.2) is 52.9 Å². The van der Waals surface area contributed by atoms with Crippen LogP contribution in [-0.2, 0) is 0 Å². The molecule has 0 aromatic carbocycles. The zero-order valence-corrected chi connectivity index (χ0v) is 18.0. The lowest BCUT2D eigenvalue weighted by atomic mass is 10.0. The van der Waals surface area contributed by atoms with Crippen LogP contribution in [0, 0.1) is 24.1 Å². The van der Waals surface area contributed by atoms with E-state index in [0.29, 0.717) is 28.9 Å². The topological polar surface area (TPSA) is 83.8 Å². The molecule has 162 valence electrons. The minimum absolute atomic E-state index is 0.207. The molecule has 1 N–H and O–H groups in total. The van der Waals surface area contributed by atoms with Gasteiger partial charge in [0.05, 0.1) is 29.5 Å². The number of nitriles is 1. The molecular formula is C22H19F2N7S. The third-order valence-corrected chi connectivity index (χ3v) is 6.70. The average Bonchev–Trinajstić information content (AvgIpc) is 3.39. The van der Waals surface area contributed by atoms with E-state index in [4.69, 9.17) is 0 Å². The third-order valence-electron chi connectivity index (χ3n) is 5.67. The van der Waals surface area contributed by atoms with E-state index in [1.807, 2.05) is 13.0 Å². The van der Waals surface area contributed by atoms with Crippen LogP contribution in [0.3, 0.4) is 0 Å². The molecule has 0 radical (unpaired) electrons. The molecule has 1 aliphatic rings. The molecular weight excluding hydrogens is 432 g/mol. The third kappa shape index (κ3) is 3.53. The lowest BCUT2D eigenvalue weighted by molar-refractivity contribution is 0.171. The molecule has 4 aromatic heterocycles. The van der Waals surface area contributed by atoms with Crippen molar-refractivity contribution in [3.05, 3.63) is 60.1 Å². The summed E-state index contributed by atoms with van der Waals surface area (Å²) in [4.78, 5) is 4.77. The zero-order chi connectivity index (χ0) is 22.2. The number of nitrogens with one attached hydrogen (secondary N) is 1. The summed E-state index contributed by atoms with van der Waals surface area (Å²) in [6.45, 7) is 2.97. The minimum Gasteiger partial charge on any atom is -0.314 e. The maximum Gasteiger partial charge on any atom is 0.155 e. The molecule has 1 fully saturated rings. The minimum atomic E-state index is -1.01. The average molecular weight is 452 g/mol. The van der Waals surface area contributed by atoms with Crippen LogP contribution in [0.1, 0.15) is 23.7 Å². The van der Waals surface area contributed by atoms with Crippen molar-refractivity contribution in [3.63, 3.8) is 0 Å². The zero-order valence-electron chi connectivity index (χ0n) is 17.2. The van der Waals surface area contributed by atoms with Crippen molar-refractivity contribution in [1.82, 2.24) is 29.7 Å². The number of fused-ring (bicyclic) bond motifs is 1. The molecule has 1 aliphatic heterocycles. The Morgan fingerprint density at radius 3 is 2.97 bits per heavy atom. The Morgan fingerprint density at radius 1 is 1.31 bits per heavy atom. The van der Waals surface area contributed by atoms with E-state index in [0.717, 1.165) is 35.1 Å². The van der Waals surface area contributed by atoms with Crippen LogP contribution < -0.4 is 5.32 Å². The lowest BCUT2D eigenvalue weighted by Crippen LogP contribution is -2.39. The molecule has 0 aliphatic carbocycles. The number of aromatic nitrogens is 5. The first-order chi connectivity index (χ1) is 15.6. The second-order valence-corrected chi connectivity index (χ2v) is 8.64. The van der Waals surface area contributed by atoms with Gasteiger partial charge in [-0.05, 0) is 38.1 Å². The SMILES string of the molecule is Cc1c(-c2cc(Sc3ncccc3F)c3c(C#N)cnn3c2)cnn1[C@H]1CCNC[C@@H]1F. The Morgan fingerprint density at radius 2 is 2.19 bits per heavy atom. The molecule has 5 heterocycles. The van der Waals surface area contributed by atoms with Gasteiger partial charge in [-0.1, -0.05) is 11.8 Å². The van der Waals surface area contributed by atoms with E-state index in [-0.39, 0.29) is 11.1 Å². The van der Waals surface area contributed by atoms with Gasteiger partial charge in [0.2, 0.25) is 0 Å². The summed E-state index contributed by atoms with van der Waals surface area (Å²) in [5.74, 6) is -0.442. The molecule has 0 spiro atoms. The molecule has 0 unspecified atom stereocenters. The highest BCUT2D eigenvalue weighted by Gasteiger charge is 2.28. The fourth-order valence-electron chi connectivity index (χ4n) is 4.07. The van der Waals surface area contributed by atoms with Crippen molar-refractivity contribution in [1.29, 1.82) is 5.26 Å². The van der Waals surface area contributed by atoms with Gasteiger partial charge in [0, 0.05) is 40.7 Å². The highest BCUT2D eigenvalue weighted by molar-refractivity contribution is 7.99. The fourth-order valence-corrected chi connectivity index (χ4v) is 5.04. The number of nitrogens with zero attached hydrogens (tertiary/aromatic N) is 6. The first kappa shape index (κ1) is 20.6. The van der Waals surface area contributed by atoms with Crippen molar-refractivity contribution < 1.29 is 8.78 Å².